The van der Waals surface area contributed by atoms with Crippen molar-refractivity contribution in [1.29, 1.82) is 0 Å². The Bertz CT molecular complexity index is 2670. The molecule has 24 N–H and O–H groups in total. The number of likely N-dealkylation sites (N-methyl/N-ethyl adjacent to an activating group) is 5. The molecule has 8 unspecified atom stereocenters. The maximum absolute atomic E-state index is 11.7. The summed E-state index contributed by atoms with van der Waals surface area (Å²) in [6.07, 6.45) is 34.6. The number of Topliss-reactive ketones (excluding diaryl/α,β-unsaturated/α-hetero) is 10. The number of nitrogens with one attached hydrogen (secondary N) is 14. The smallest absolute Gasteiger partial charge is 0.234 e. The molecule has 0 aliphatic rings. The van der Waals surface area contributed by atoms with Gasteiger partial charge in [0.2, 0.25) is 23.6 Å². The summed E-state index contributed by atoms with van der Waals surface area (Å²) in [6.45, 7) is 28.2. The van der Waals surface area contributed by atoms with Crippen LogP contribution in [0, 0.1) is 0 Å². The molecular weight excluding hydrogens is 1610 g/mol. The zero-order chi connectivity index (χ0) is 97.4. The Morgan fingerprint density at radius 3 is 0.825 bits per heavy atom. The second kappa shape index (κ2) is 104. The summed E-state index contributed by atoms with van der Waals surface area (Å²) in [6, 6.07) is -0.855. The molecule has 0 aliphatic carbocycles. The van der Waals surface area contributed by atoms with E-state index in [4.69, 9.17) is 28.7 Å². The summed E-state index contributed by atoms with van der Waals surface area (Å²) < 4.78 is 0. The summed E-state index contributed by atoms with van der Waals surface area (Å²) in [5, 5.41) is 41.9. The van der Waals surface area contributed by atoms with Crippen LogP contribution in [-0.2, 0) is 67.1 Å². The number of unbranched alkanes of at least 4 members (excludes halogenated alkanes) is 13. The van der Waals surface area contributed by atoms with Crippen LogP contribution in [0.5, 0.6) is 0 Å². The topological polar surface area (TPSA) is 537 Å². The van der Waals surface area contributed by atoms with Gasteiger partial charge in [-0.1, -0.05) is 72.1 Å². The van der Waals surface area contributed by atoms with Crippen LogP contribution >= 0.6 is 0 Å². The SMILES string of the molecule is CCCCCC(NC)C(=O)CCC(C)=O.CCCCNC(CCCCNC)C(C)=O.CCCCNCCCCC(NC(=O)CN)C(C)=O.CNC(CCCCN)C(C)=O.CNC(CCCCNC(=O)CCCCN)C(C)=O.CNC(CCCCNC(=O)CN)C(C)=O.CNCCCCC(NC(=O)CCCCN)C(C)=O.CNCCCCC(NC)C(=O)CCC(C)=O. The quantitative estimate of drug-likeness (QED) is 0.0303. The number of carbonyl (C=O) groups excluding carboxylic acids is 14. The molecule has 33 nitrogen and oxygen atoms in total. The number of nitrogens with two attached hydrogens (primary N) is 5. The van der Waals surface area contributed by atoms with Gasteiger partial charge in [0.25, 0.3) is 0 Å². The molecule has 0 spiro atoms. The molecule has 0 aromatic carbocycles. The highest BCUT2D eigenvalue weighted by Gasteiger charge is 2.21. The minimum atomic E-state index is -0.378. The van der Waals surface area contributed by atoms with Crippen molar-refractivity contribution in [2.75, 3.05) is 141 Å². The van der Waals surface area contributed by atoms with Gasteiger partial charge < -0.3 is 113 Å². The van der Waals surface area contributed by atoms with Crippen molar-refractivity contribution in [2.24, 2.45) is 28.7 Å². The first-order chi connectivity index (χ1) is 60.1. The molecule has 4 amide bonds. The Morgan fingerprint density at radius 2 is 0.508 bits per heavy atom. The highest BCUT2D eigenvalue weighted by atomic mass is 16.2. The van der Waals surface area contributed by atoms with Gasteiger partial charge in [-0.25, -0.2) is 0 Å². The molecule has 0 aromatic rings. The monoisotopic (exact) mass is 1800 g/mol. The fourth-order valence-corrected chi connectivity index (χ4v) is 12.2. The number of hydrogen-bond acceptors (Lipinski definition) is 29. The van der Waals surface area contributed by atoms with Crippen LogP contribution in [0.15, 0.2) is 0 Å². The van der Waals surface area contributed by atoms with E-state index < -0.39 is 0 Å². The van der Waals surface area contributed by atoms with E-state index in [0.29, 0.717) is 77.7 Å². The highest BCUT2D eigenvalue weighted by molar-refractivity contribution is 5.90. The standard InChI is InChI=1S/3C13H27N3O2.C12H24N2O2.C12H26N2O.C12H23NO2.C10H21N3O2.C8H18N2O/c1-11(17)12(15-2)7-4-6-10-16-13(18)8-3-5-9-14;1-11(17)12(7-4-6-10-15-2)16-13(18)8-3-5-9-14;1-3-4-8-15-9-6-5-7-12(11(2)17)16-13(18)10-14;1-10(15)7-8-12(16)11(14-3)6-4-5-9-13-2;1-4-5-10-14-12(11(2)15)8-6-7-9-13-3;1-4-5-6-7-11(13-3)12(15)9-8-10(2)14;1-8(14)9(12-2)5-3-4-6-13-10(15)7-11;1-7(11)8(10-2)5-3-4-6-9/h3*12,15H,3-10,14H2,1-2H3,(H,16,18);11,13-14H,4-9H2,1-3H3;12-14H,4-10H2,1-3H3;11,13H,4-9H2,1-3H3;9,12H,3-7,11H2,1-2H3,(H,13,15);8,10H,3-6,9H2,1-2H3. The zero-order valence-corrected chi connectivity index (χ0v) is 83.0. The van der Waals surface area contributed by atoms with Gasteiger partial charge in [0.1, 0.15) is 46.3 Å². The van der Waals surface area contributed by atoms with Gasteiger partial charge in [-0.3, -0.25) is 57.5 Å². The minimum Gasteiger partial charge on any atom is -0.356 e. The Hall–Kier alpha value is -6.02. The molecule has 8 atom stereocenters. The molecular formula is C93H193N19O14. The maximum Gasteiger partial charge on any atom is 0.234 e. The van der Waals surface area contributed by atoms with E-state index in [1.54, 1.807) is 48.8 Å². The molecule has 0 saturated carbocycles. The first-order valence-electron chi connectivity index (χ1n) is 47.6. The maximum atomic E-state index is 11.7. The normalized spacial score (nSPS) is 12.4. The van der Waals surface area contributed by atoms with E-state index in [2.05, 4.69) is 95.2 Å². The lowest BCUT2D eigenvalue weighted by Gasteiger charge is -2.15. The van der Waals surface area contributed by atoms with Crippen molar-refractivity contribution in [3.05, 3.63) is 0 Å². The van der Waals surface area contributed by atoms with Crippen LogP contribution in [-0.4, -0.2) is 271 Å². The second-order valence-electron chi connectivity index (χ2n) is 32.1. The van der Waals surface area contributed by atoms with E-state index in [9.17, 15) is 67.1 Å². The fraction of sp³-hybridized carbons (Fsp3) is 0.849. The average Bonchev–Trinajstić information content (AvgIpc) is 0.956. The van der Waals surface area contributed by atoms with Crippen molar-refractivity contribution in [2.45, 2.75) is 375 Å². The molecule has 0 bridgehead atoms. The molecule has 126 heavy (non-hydrogen) atoms. The summed E-state index contributed by atoms with van der Waals surface area (Å²) >= 11 is 0. The lowest BCUT2D eigenvalue weighted by atomic mass is 10.0. The van der Waals surface area contributed by atoms with Crippen LogP contribution in [0.3, 0.4) is 0 Å². The summed E-state index contributed by atoms with van der Waals surface area (Å²) in [5.74, 6) is 0.992. The van der Waals surface area contributed by atoms with Crippen molar-refractivity contribution >= 4 is 81.5 Å². The number of ketones is 10. The Labute approximate surface area is 764 Å². The Morgan fingerprint density at radius 1 is 0.238 bits per heavy atom. The molecule has 0 rings (SSSR count). The van der Waals surface area contributed by atoms with E-state index in [0.717, 1.165) is 225 Å². The number of hydrogen-bond donors (Lipinski definition) is 19. The van der Waals surface area contributed by atoms with Crippen molar-refractivity contribution in [3.8, 4) is 0 Å². The van der Waals surface area contributed by atoms with E-state index in [1.807, 2.05) is 35.2 Å². The lowest BCUT2D eigenvalue weighted by molar-refractivity contribution is -0.127. The predicted molar refractivity (Wildman–Crippen MR) is 518 cm³/mol. The van der Waals surface area contributed by atoms with Crippen molar-refractivity contribution < 1.29 is 67.1 Å². The van der Waals surface area contributed by atoms with E-state index >= 15 is 0 Å². The van der Waals surface area contributed by atoms with Gasteiger partial charge in [-0.15, -0.1) is 0 Å². The van der Waals surface area contributed by atoms with Crippen molar-refractivity contribution in [3.63, 3.8) is 0 Å². The van der Waals surface area contributed by atoms with Crippen LogP contribution in [0.25, 0.3) is 0 Å². The molecule has 0 radical (unpaired) electrons. The van der Waals surface area contributed by atoms with Gasteiger partial charge in [-0.05, 0) is 331 Å². The van der Waals surface area contributed by atoms with Crippen LogP contribution in [0.2, 0.25) is 0 Å². The third kappa shape index (κ3) is 102. The molecule has 33 heteroatoms. The molecule has 0 aliphatic heterocycles. The van der Waals surface area contributed by atoms with Gasteiger partial charge in [0, 0.05) is 51.6 Å². The minimum absolute atomic E-state index is 0.00394. The predicted octanol–water partition coefficient (Wildman–Crippen LogP) is 6.16. The number of carbonyl (C=O) groups is 14. The van der Waals surface area contributed by atoms with Gasteiger partial charge in [-0.2, -0.15) is 0 Å². The van der Waals surface area contributed by atoms with Crippen LogP contribution < -0.4 is 103 Å². The molecule has 0 heterocycles. The first kappa shape index (κ1) is 135. The molecule has 744 valence electrons. The average molecular weight is 1800 g/mol. The number of rotatable bonds is 76. The number of amides is 4. The zero-order valence-electron chi connectivity index (χ0n) is 83.0. The van der Waals surface area contributed by atoms with Gasteiger partial charge >= 0.3 is 0 Å². The lowest BCUT2D eigenvalue weighted by Crippen LogP contribution is -2.42. The van der Waals surface area contributed by atoms with Crippen LogP contribution in [0.4, 0.5) is 0 Å². The molecule has 0 fully saturated rings. The summed E-state index contributed by atoms with van der Waals surface area (Å²) in [4.78, 5) is 157. The first-order valence-corrected chi connectivity index (χ1v) is 47.6. The highest BCUT2D eigenvalue weighted by Crippen LogP contribution is 2.11. The third-order valence-electron chi connectivity index (χ3n) is 20.4. The van der Waals surface area contributed by atoms with Crippen molar-refractivity contribution in [1.82, 2.24) is 74.4 Å². The largest absolute Gasteiger partial charge is 0.356 e. The molecule has 0 saturated heterocycles. The Balaban J connectivity index is -0.000000211. The third-order valence-corrected chi connectivity index (χ3v) is 20.4. The summed E-state index contributed by atoms with van der Waals surface area (Å²) in [5.41, 5.74) is 26.4. The van der Waals surface area contributed by atoms with Gasteiger partial charge in [0.05, 0.1) is 61.4 Å². The second-order valence-corrected chi connectivity index (χ2v) is 32.1. The summed E-state index contributed by atoms with van der Waals surface area (Å²) in [7, 11) is 14.8. The fourth-order valence-electron chi connectivity index (χ4n) is 12.2. The van der Waals surface area contributed by atoms with E-state index in [1.165, 1.54) is 47.0 Å². The molecule has 0 aromatic heterocycles. The van der Waals surface area contributed by atoms with Crippen LogP contribution in [0.1, 0.15) is 327 Å². The van der Waals surface area contributed by atoms with Gasteiger partial charge in [0.15, 0.2) is 11.6 Å². The van der Waals surface area contributed by atoms with E-state index in [-0.39, 0.29) is 143 Å². The Kier molecular flexibility index (Phi) is 112.